The van der Waals surface area contributed by atoms with E-state index < -0.39 is 11.9 Å². The molecule has 0 aromatic heterocycles. The number of rotatable bonds is 34. The van der Waals surface area contributed by atoms with Gasteiger partial charge in [0.25, 0.3) is 0 Å². The third-order valence-electron chi connectivity index (χ3n) is 8.94. The summed E-state index contributed by atoms with van der Waals surface area (Å²) in [6, 6.07) is 0. The molecular weight excluding hydrogens is 544 g/mol. The molecule has 0 aromatic rings. The van der Waals surface area contributed by atoms with Gasteiger partial charge in [-0.05, 0) is 51.4 Å². The third kappa shape index (κ3) is 30.7. The van der Waals surface area contributed by atoms with Gasteiger partial charge in [-0.25, -0.2) is 9.59 Å². The van der Waals surface area contributed by atoms with Crippen LogP contribution in [0.4, 0.5) is 0 Å². The van der Waals surface area contributed by atoms with E-state index in [2.05, 4.69) is 27.7 Å². The molecule has 4 heteroatoms. The molecule has 2 atom stereocenters. The van der Waals surface area contributed by atoms with Crippen LogP contribution >= 0.6 is 0 Å². The lowest BCUT2D eigenvalue weighted by atomic mass is 10.0. The monoisotopic (exact) mass is 621 g/mol. The summed E-state index contributed by atoms with van der Waals surface area (Å²) in [5, 5.41) is 0. The highest BCUT2D eigenvalue weighted by molar-refractivity contribution is 5.91. The minimum Gasteiger partial charge on any atom is -0.459 e. The van der Waals surface area contributed by atoms with Gasteiger partial charge in [-0.2, -0.15) is 0 Å². The van der Waals surface area contributed by atoms with Crippen molar-refractivity contribution in [2.24, 2.45) is 0 Å². The Morgan fingerprint density at radius 2 is 0.568 bits per heavy atom. The van der Waals surface area contributed by atoms with E-state index in [1.165, 1.54) is 128 Å². The molecule has 4 nitrogen and oxygen atoms in total. The van der Waals surface area contributed by atoms with E-state index in [4.69, 9.17) is 9.47 Å². The molecule has 0 heterocycles. The summed E-state index contributed by atoms with van der Waals surface area (Å²) in [4.78, 5) is 25.2. The first-order valence-corrected chi connectivity index (χ1v) is 19.7. The Balaban J connectivity index is 4.45. The second-order valence-corrected chi connectivity index (χ2v) is 13.4. The molecule has 0 aliphatic carbocycles. The van der Waals surface area contributed by atoms with Crippen LogP contribution in [-0.2, 0) is 19.1 Å². The van der Waals surface area contributed by atoms with Crippen LogP contribution in [0.15, 0.2) is 12.2 Å². The Hall–Kier alpha value is -1.32. The molecule has 0 saturated carbocycles. The lowest BCUT2D eigenvalue weighted by Gasteiger charge is -2.18. The van der Waals surface area contributed by atoms with E-state index in [0.29, 0.717) is 0 Å². The fourth-order valence-corrected chi connectivity index (χ4v) is 6.03. The fourth-order valence-electron chi connectivity index (χ4n) is 6.03. The standard InChI is InChI=1S/C40H76O4/c1-5-9-13-15-17-19-21-23-25-29-33-37(31-27-11-7-3)43-39(41)35-36-40(42)44-38(32-28-12-8-4)34-30-26-24-22-20-18-16-14-10-6-2/h35-38H,5-34H2,1-4H3/b36-35+. The Morgan fingerprint density at radius 1 is 0.364 bits per heavy atom. The molecule has 0 N–H and O–H groups in total. The summed E-state index contributed by atoms with van der Waals surface area (Å²) >= 11 is 0. The van der Waals surface area contributed by atoms with E-state index in [-0.39, 0.29) is 12.2 Å². The van der Waals surface area contributed by atoms with Crippen molar-refractivity contribution in [1.29, 1.82) is 0 Å². The number of carbonyl (C=O) groups excluding carboxylic acids is 2. The SMILES string of the molecule is CCCCCCCCCCCCC(CCCCC)OC(=O)/C=C/C(=O)OC(CCCCC)CCCCCCCCCCCC. The van der Waals surface area contributed by atoms with Crippen molar-refractivity contribution in [1.82, 2.24) is 0 Å². The van der Waals surface area contributed by atoms with E-state index in [0.717, 1.165) is 77.0 Å². The van der Waals surface area contributed by atoms with Crippen molar-refractivity contribution in [2.75, 3.05) is 0 Å². The van der Waals surface area contributed by atoms with Crippen LogP contribution in [0.25, 0.3) is 0 Å². The topological polar surface area (TPSA) is 52.6 Å². The lowest BCUT2D eigenvalue weighted by Crippen LogP contribution is -2.19. The molecule has 0 aromatic carbocycles. The molecule has 2 unspecified atom stereocenters. The van der Waals surface area contributed by atoms with Crippen molar-refractivity contribution in [3.05, 3.63) is 12.2 Å². The normalized spacial score (nSPS) is 12.9. The number of hydrogen-bond donors (Lipinski definition) is 0. The molecule has 44 heavy (non-hydrogen) atoms. The number of unbranched alkanes of at least 4 members (excludes halogenated alkanes) is 22. The Bertz CT molecular complexity index is 589. The van der Waals surface area contributed by atoms with Gasteiger partial charge in [0, 0.05) is 12.2 Å². The first kappa shape index (κ1) is 42.7. The third-order valence-corrected chi connectivity index (χ3v) is 8.94. The smallest absolute Gasteiger partial charge is 0.331 e. The van der Waals surface area contributed by atoms with Crippen LogP contribution < -0.4 is 0 Å². The fraction of sp³-hybridized carbons (Fsp3) is 0.900. The van der Waals surface area contributed by atoms with Crippen molar-refractivity contribution in [2.45, 2.75) is 233 Å². The molecule has 0 bridgehead atoms. The van der Waals surface area contributed by atoms with Crippen LogP contribution in [0, 0.1) is 0 Å². The second-order valence-electron chi connectivity index (χ2n) is 13.4. The first-order chi connectivity index (χ1) is 21.6. The van der Waals surface area contributed by atoms with Gasteiger partial charge in [0.1, 0.15) is 12.2 Å². The number of carbonyl (C=O) groups is 2. The Labute approximate surface area is 275 Å². The largest absolute Gasteiger partial charge is 0.459 e. The zero-order valence-electron chi connectivity index (χ0n) is 30.2. The molecule has 0 saturated heterocycles. The maximum Gasteiger partial charge on any atom is 0.331 e. The van der Waals surface area contributed by atoms with Crippen molar-refractivity contribution >= 4 is 11.9 Å². The Morgan fingerprint density at radius 3 is 0.841 bits per heavy atom. The lowest BCUT2D eigenvalue weighted by molar-refractivity contribution is -0.146. The summed E-state index contributed by atoms with van der Waals surface area (Å²) in [6.07, 6.45) is 39.0. The number of hydrogen-bond acceptors (Lipinski definition) is 4. The average Bonchev–Trinajstić information content (AvgIpc) is 3.01. The van der Waals surface area contributed by atoms with Crippen LogP contribution in [0.3, 0.4) is 0 Å². The molecular formula is C40H76O4. The first-order valence-electron chi connectivity index (χ1n) is 19.7. The summed E-state index contributed by atoms with van der Waals surface area (Å²) in [6.45, 7) is 8.93. The van der Waals surface area contributed by atoms with Crippen LogP contribution in [0.2, 0.25) is 0 Å². The molecule has 0 fully saturated rings. The maximum atomic E-state index is 12.6. The zero-order valence-corrected chi connectivity index (χ0v) is 30.2. The van der Waals surface area contributed by atoms with Crippen molar-refractivity contribution in [3.8, 4) is 0 Å². The van der Waals surface area contributed by atoms with E-state index in [1.807, 2.05) is 0 Å². The minimum atomic E-state index is -0.409. The molecule has 260 valence electrons. The van der Waals surface area contributed by atoms with E-state index in [1.54, 1.807) is 0 Å². The molecule has 0 aliphatic rings. The highest BCUT2D eigenvalue weighted by atomic mass is 16.5. The molecule has 0 aliphatic heterocycles. The van der Waals surface area contributed by atoms with Crippen LogP contribution in [0.5, 0.6) is 0 Å². The maximum absolute atomic E-state index is 12.6. The van der Waals surface area contributed by atoms with Gasteiger partial charge < -0.3 is 9.47 Å². The number of esters is 2. The Kier molecular flexibility index (Phi) is 33.5. The average molecular weight is 621 g/mol. The summed E-state index contributed by atoms with van der Waals surface area (Å²) in [7, 11) is 0. The van der Waals surface area contributed by atoms with Crippen LogP contribution in [0.1, 0.15) is 220 Å². The van der Waals surface area contributed by atoms with E-state index >= 15 is 0 Å². The summed E-state index contributed by atoms with van der Waals surface area (Å²) in [5.74, 6) is -0.819. The predicted molar refractivity (Wildman–Crippen MR) is 190 cm³/mol. The van der Waals surface area contributed by atoms with Crippen molar-refractivity contribution in [3.63, 3.8) is 0 Å². The quantitative estimate of drug-likeness (QED) is 0.0408. The minimum absolute atomic E-state index is 0.0538. The number of ether oxygens (including phenoxy) is 2. The van der Waals surface area contributed by atoms with Gasteiger partial charge in [0.15, 0.2) is 0 Å². The van der Waals surface area contributed by atoms with Gasteiger partial charge in [0.05, 0.1) is 0 Å². The molecule has 0 amide bonds. The highest BCUT2D eigenvalue weighted by Crippen LogP contribution is 2.19. The van der Waals surface area contributed by atoms with Gasteiger partial charge in [-0.3, -0.25) is 0 Å². The molecule has 0 radical (unpaired) electrons. The van der Waals surface area contributed by atoms with E-state index in [9.17, 15) is 9.59 Å². The van der Waals surface area contributed by atoms with Gasteiger partial charge in [0.2, 0.25) is 0 Å². The molecule has 0 spiro atoms. The summed E-state index contributed by atoms with van der Waals surface area (Å²) < 4.78 is 11.6. The van der Waals surface area contributed by atoms with Gasteiger partial charge >= 0.3 is 11.9 Å². The van der Waals surface area contributed by atoms with Crippen molar-refractivity contribution < 1.29 is 19.1 Å². The van der Waals surface area contributed by atoms with Gasteiger partial charge in [-0.15, -0.1) is 0 Å². The van der Waals surface area contributed by atoms with Crippen LogP contribution in [-0.4, -0.2) is 24.1 Å². The highest BCUT2D eigenvalue weighted by Gasteiger charge is 2.15. The zero-order chi connectivity index (χ0) is 32.4. The molecule has 0 rings (SSSR count). The second kappa shape index (κ2) is 34.6. The summed E-state index contributed by atoms with van der Waals surface area (Å²) in [5.41, 5.74) is 0. The predicted octanol–water partition coefficient (Wildman–Crippen LogP) is 13.1. The van der Waals surface area contributed by atoms with Gasteiger partial charge in [-0.1, -0.05) is 169 Å².